The monoisotopic (exact) mass is 786 g/mol. The van der Waals surface area contributed by atoms with Gasteiger partial charge in [-0.15, -0.1) is 0 Å². The summed E-state index contributed by atoms with van der Waals surface area (Å²) in [5.74, 6) is 5.40. The average molecular weight is 787 g/mol. The maximum absolute atomic E-state index is 13.1. The number of hydrogen-bond donors (Lipinski definition) is 2. The number of pyridine rings is 3. The summed E-state index contributed by atoms with van der Waals surface area (Å²) in [5.41, 5.74) is 6.93. The summed E-state index contributed by atoms with van der Waals surface area (Å²) in [5, 5.41) is 7.84. The first-order valence-electron chi connectivity index (χ1n) is 19.6. The molecule has 2 N–H and O–H groups in total. The van der Waals surface area contributed by atoms with Crippen molar-refractivity contribution in [1.82, 2.24) is 34.7 Å². The van der Waals surface area contributed by atoms with E-state index in [0.29, 0.717) is 23.3 Å². The smallest absolute Gasteiger partial charge is 0.328 e. The SMILES string of the molecule is Cn1c(=O)n(C)c2c(N3CC4CCC(C3)O4)nc(-c3cccc4cc(-c5ccc(C(=O)NCC#Cc6ccc7occ(C8CCC(=O)NC8=O)c7c6)nc5)ncc34)cc21. The molecule has 0 radical (unpaired) electrons. The van der Waals surface area contributed by atoms with Crippen molar-refractivity contribution in [3.05, 3.63) is 107 Å². The molecule has 0 aliphatic carbocycles. The molecule has 2 aromatic carbocycles. The van der Waals surface area contributed by atoms with E-state index < -0.39 is 5.92 Å². The van der Waals surface area contributed by atoms with Gasteiger partial charge in [-0.1, -0.05) is 30.0 Å². The lowest BCUT2D eigenvalue weighted by molar-refractivity contribution is -0.134. The van der Waals surface area contributed by atoms with E-state index in [2.05, 4.69) is 32.4 Å². The first-order chi connectivity index (χ1) is 28.7. The van der Waals surface area contributed by atoms with Crippen LogP contribution in [0.4, 0.5) is 5.82 Å². The third kappa shape index (κ3) is 6.49. The number of hydrogen-bond acceptors (Lipinski definition) is 10. The molecule has 3 aliphatic rings. The van der Waals surface area contributed by atoms with E-state index in [1.165, 1.54) is 0 Å². The number of rotatable bonds is 6. The van der Waals surface area contributed by atoms with E-state index in [-0.39, 0.29) is 54.3 Å². The fourth-order valence-corrected chi connectivity index (χ4v) is 8.64. The Morgan fingerprint density at radius 2 is 1.76 bits per heavy atom. The highest BCUT2D eigenvalue weighted by atomic mass is 16.5. The molecule has 3 amide bonds. The second-order valence-electron chi connectivity index (χ2n) is 15.4. The van der Waals surface area contributed by atoms with Crippen LogP contribution in [0, 0.1) is 11.8 Å². The average Bonchev–Trinajstić information content (AvgIpc) is 3.90. The summed E-state index contributed by atoms with van der Waals surface area (Å²) in [6.45, 7) is 1.56. The molecule has 3 saturated heterocycles. The summed E-state index contributed by atoms with van der Waals surface area (Å²) < 4.78 is 15.1. The predicted molar refractivity (Wildman–Crippen MR) is 221 cm³/mol. The molecule has 294 valence electrons. The highest BCUT2D eigenvalue weighted by Crippen LogP contribution is 2.37. The Morgan fingerprint density at radius 3 is 2.56 bits per heavy atom. The van der Waals surface area contributed by atoms with Gasteiger partial charge in [0.15, 0.2) is 5.82 Å². The van der Waals surface area contributed by atoms with Gasteiger partial charge in [0.1, 0.15) is 16.8 Å². The van der Waals surface area contributed by atoms with Gasteiger partial charge in [-0.3, -0.25) is 38.8 Å². The largest absolute Gasteiger partial charge is 0.464 e. The van der Waals surface area contributed by atoms with Gasteiger partial charge in [-0.2, -0.15) is 0 Å². The van der Waals surface area contributed by atoms with Crippen LogP contribution < -0.4 is 21.2 Å². The van der Waals surface area contributed by atoms with Gasteiger partial charge in [0.05, 0.1) is 47.8 Å². The Kier molecular flexibility index (Phi) is 8.83. The van der Waals surface area contributed by atoms with Gasteiger partial charge < -0.3 is 19.4 Å². The second kappa shape index (κ2) is 14.4. The molecule has 3 aliphatic heterocycles. The maximum Gasteiger partial charge on any atom is 0.328 e. The molecule has 10 rings (SSSR count). The highest BCUT2D eigenvalue weighted by Gasteiger charge is 2.36. The number of morpholine rings is 1. The number of amides is 3. The number of nitrogens with one attached hydrogen (secondary N) is 2. The zero-order valence-corrected chi connectivity index (χ0v) is 32.3. The van der Waals surface area contributed by atoms with Crippen molar-refractivity contribution in [3.8, 4) is 34.4 Å². The van der Waals surface area contributed by atoms with Gasteiger partial charge in [-0.25, -0.2) is 9.78 Å². The molecule has 7 aromatic rings. The van der Waals surface area contributed by atoms with Crippen molar-refractivity contribution in [1.29, 1.82) is 0 Å². The summed E-state index contributed by atoms with van der Waals surface area (Å²) >= 11 is 0. The first-order valence-corrected chi connectivity index (χ1v) is 19.6. The fraction of sp³-hybridized carbons (Fsp3) is 0.267. The lowest BCUT2D eigenvalue weighted by Gasteiger charge is -2.33. The molecule has 3 unspecified atom stereocenters. The molecule has 8 heterocycles. The lowest BCUT2D eigenvalue weighted by atomic mass is 9.90. The zero-order valence-electron chi connectivity index (χ0n) is 32.3. The quantitative estimate of drug-likeness (QED) is 0.174. The number of anilines is 1. The number of imide groups is 1. The Balaban J connectivity index is 0.853. The number of carbonyl (C=O) groups excluding carboxylic acids is 3. The Bertz CT molecular complexity index is 3000. The predicted octanol–water partition coefficient (Wildman–Crippen LogP) is 4.96. The molecule has 3 fully saturated rings. The van der Waals surface area contributed by atoms with Crippen molar-refractivity contribution in [2.45, 2.75) is 43.8 Å². The lowest BCUT2D eigenvalue weighted by Crippen LogP contribution is -2.43. The molecule has 2 bridgehead atoms. The minimum Gasteiger partial charge on any atom is -0.464 e. The summed E-state index contributed by atoms with van der Waals surface area (Å²) in [4.78, 5) is 66.9. The van der Waals surface area contributed by atoms with E-state index in [9.17, 15) is 19.2 Å². The molecular weight excluding hydrogens is 749 g/mol. The number of piperidine rings is 1. The van der Waals surface area contributed by atoms with Crippen LogP contribution >= 0.6 is 0 Å². The second-order valence-corrected chi connectivity index (χ2v) is 15.4. The molecule has 0 saturated carbocycles. The van der Waals surface area contributed by atoms with Crippen LogP contribution in [0.1, 0.15) is 53.2 Å². The third-order valence-corrected chi connectivity index (χ3v) is 11.7. The number of aryl methyl sites for hydroxylation is 2. The number of fused-ring (bicyclic) bond motifs is 5. The standard InChI is InChI=1S/C45H38N8O6/c1-51-38-19-37(49-42(41(38)52(2)45(51)57)53-22-28-10-11-29(23-53)59-28)30-7-3-6-26-18-36(48-21-33(26)30)27-9-13-35(47-20-27)44(56)46-16-4-5-25-8-14-39-32(17-25)34(24-58-39)31-12-15-40(54)50-43(31)55/h3,6-9,13-14,17-21,24,28-29,31H,10-12,15-16,22-23H2,1-2H3,(H,46,56)(H,50,54,55). The molecule has 3 atom stereocenters. The van der Waals surface area contributed by atoms with Crippen molar-refractivity contribution in [2.75, 3.05) is 24.5 Å². The van der Waals surface area contributed by atoms with Crippen LogP contribution in [0.15, 0.2) is 88.5 Å². The van der Waals surface area contributed by atoms with Gasteiger partial charge in [0.25, 0.3) is 5.91 Å². The number of ether oxygens (including phenoxy) is 1. The van der Waals surface area contributed by atoms with Gasteiger partial charge in [0.2, 0.25) is 11.8 Å². The van der Waals surface area contributed by atoms with E-state index in [1.807, 2.05) is 54.7 Å². The normalized spacial score (nSPS) is 18.9. The molecule has 59 heavy (non-hydrogen) atoms. The number of imidazole rings is 1. The molecule has 0 spiro atoms. The van der Waals surface area contributed by atoms with E-state index in [1.54, 1.807) is 47.8 Å². The fourth-order valence-electron chi connectivity index (χ4n) is 8.64. The van der Waals surface area contributed by atoms with Crippen LogP contribution in [0.25, 0.3) is 55.3 Å². The minimum atomic E-state index is -0.469. The number of benzene rings is 2. The van der Waals surface area contributed by atoms with Crippen molar-refractivity contribution < 1.29 is 23.5 Å². The third-order valence-electron chi connectivity index (χ3n) is 11.7. The summed E-state index contributed by atoms with van der Waals surface area (Å²) in [6, 6.07) is 19.0. The van der Waals surface area contributed by atoms with Gasteiger partial charge >= 0.3 is 5.69 Å². The van der Waals surface area contributed by atoms with Crippen molar-refractivity contribution in [2.24, 2.45) is 14.1 Å². The van der Waals surface area contributed by atoms with Crippen LogP contribution in [0.5, 0.6) is 0 Å². The highest BCUT2D eigenvalue weighted by molar-refractivity contribution is 6.03. The van der Waals surface area contributed by atoms with E-state index in [0.717, 1.165) is 81.3 Å². The maximum atomic E-state index is 13.1. The van der Waals surface area contributed by atoms with Crippen molar-refractivity contribution in [3.63, 3.8) is 0 Å². The number of aromatic nitrogens is 5. The van der Waals surface area contributed by atoms with Crippen LogP contribution in [-0.2, 0) is 28.4 Å². The molecular formula is C45H38N8O6. The van der Waals surface area contributed by atoms with E-state index in [4.69, 9.17) is 19.1 Å². The number of nitrogens with zero attached hydrogens (tertiary/aromatic N) is 6. The number of carbonyl (C=O) groups is 3. The van der Waals surface area contributed by atoms with E-state index >= 15 is 0 Å². The Morgan fingerprint density at radius 1 is 0.915 bits per heavy atom. The zero-order chi connectivity index (χ0) is 40.4. The first kappa shape index (κ1) is 36.2. The Hall–Kier alpha value is -7.11. The minimum absolute atomic E-state index is 0.0948. The number of furan rings is 1. The van der Waals surface area contributed by atoms with Gasteiger partial charge in [-0.05, 0) is 67.1 Å². The summed E-state index contributed by atoms with van der Waals surface area (Å²) in [6.07, 6.45) is 8.11. The van der Waals surface area contributed by atoms with Crippen molar-refractivity contribution >= 4 is 56.3 Å². The topological polar surface area (TPSA) is 166 Å². The van der Waals surface area contributed by atoms with Crippen LogP contribution in [0.3, 0.4) is 0 Å². The molecule has 14 heteroatoms. The van der Waals surface area contributed by atoms with Crippen LogP contribution in [0.2, 0.25) is 0 Å². The Labute approximate surface area is 337 Å². The van der Waals surface area contributed by atoms with Crippen LogP contribution in [-0.4, -0.2) is 73.6 Å². The molecule has 14 nitrogen and oxygen atoms in total. The summed E-state index contributed by atoms with van der Waals surface area (Å²) in [7, 11) is 3.59. The molecule has 5 aromatic heterocycles. The van der Waals surface area contributed by atoms with Gasteiger partial charge in [0, 0.05) is 79.0 Å².